The van der Waals surface area contributed by atoms with E-state index in [4.69, 9.17) is 0 Å². The van der Waals surface area contributed by atoms with Crippen LogP contribution in [0.4, 0.5) is 0 Å². The molecule has 0 unspecified atom stereocenters. The molecule has 0 amide bonds. The highest BCUT2D eigenvalue weighted by molar-refractivity contribution is 5.20. The molecule has 1 fully saturated rings. The molecule has 1 aromatic heterocycles. The maximum Gasteiger partial charge on any atom is 0.0534 e. The van der Waals surface area contributed by atoms with Crippen LogP contribution in [-0.4, -0.2) is 34.3 Å². The maximum atomic E-state index is 4.35. The summed E-state index contributed by atoms with van der Waals surface area (Å²) in [5.41, 5.74) is 2.68. The molecule has 1 aromatic carbocycles. The normalized spacial score (nSPS) is 20.1. The molecule has 3 rings (SSSR count). The molecule has 0 saturated carbocycles. The van der Waals surface area contributed by atoms with Crippen molar-refractivity contribution in [1.29, 1.82) is 0 Å². The van der Waals surface area contributed by atoms with Crippen LogP contribution in [0.15, 0.2) is 42.7 Å². The van der Waals surface area contributed by atoms with Crippen LogP contribution >= 0.6 is 0 Å². The Kier molecular flexibility index (Phi) is 4.14. The molecular formula is C16H22N4. The molecule has 1 N–H and O–H groups in total. The number of nitrogens with one attached hydrogen (secondary N) is 1. The third-order valence-corrected chi connectivity index (χ3v) is 3.88. The van der Waals surface area contributed by atoms with E-state index >= 15 is 0 Å². The third kappa shape index (κ3) is 3.08. The topological polar surface area (TPSA) is 33.1 Å². The molecule has 0 radical (unpaired) electrons. The average Bonchev–Trinajstić information content (AvgIpc) is 2.96. The van der Waals surface area contributed by atoms with Crippen LogP contribution in [0, 0.1) is 0 Å². The molecule has 2 heterocycles. The molecule has 4 heteroatoms. The van der Waals surface area contributed by atoms with Crippen molar-refractivity contribution >= 4 is 0 Å². The summed E-state index contributed by atoms with van der Waals surface area (Å²) < 4.78 is 1.99. The van der Waals surface area contributed by atoms with E-state index in [1.165, 1.54) is 11.1 Å². The summed E-state index contributed by atoms with van der Waals surface area (Å²) in [5.74, 6) is 0. The number of benzene rings is 1. The number of aromatic nitrogens is 2. The van der Waals surface area contributed by atoms with Gasteiger partial charge in [0.25, 0.3) is 0 Å². The van der Waals surface area contributed by atoms with Crippen LogP contribution in [0.2, 0.25) is 0 Å². The van der Waals surface area contributed by atoms with Gasteiger partial charge in [-0.05, 0) is 12.5 Å². The molecule has 2 aromatic rings. The quantitative estimate of drug-likeness (QED) is 0.923. The number of hydrogen-bond acceptors (Lipinski definition) is 3. The van der Waals surface area contributed by atoms with Crippen molar-refractivity contribution in [3.63, 3.8) is 0 Å². The van der Waals surface area contributed by atoms with Crippen LogP contribution < -0.4 is 5.32 Å². The second-order valence-corrected chi connectivity index (χ2v) is 5.36. The molecule has 106 valence electrons. The van der Waals surface area contributed by atoms with Gasteiger partial charge in [-0.15, -0.1) is 0 Å². The van der Waals surface area contributed by atoms with Gasteiger partial charge >= 0.3 is 0 Å². The molecular weight excluding hydrogens is 248 g/mol. The van der Waals surface area contributed by atoms with Gasteiger partial charge in [-0.3, -0.25) is 9.58 Å². The van der Waals surface area contributed by atoms with Crippen molar-refractivity contribution in [3.8, 4) is 0 Å². The number of nitrogens with zero attached hydrogens (tertiary/aromatic N) is 3. The van der Waals surface area contributed by atoms with Gasteiger partial charge in [0.15, 0.2) is 0 Å². The van der Waals surface area contributed by atoms with Crippen LogP contribution in [0.25, 0.3) is 0 Å². The fraction of sp³-hybridized carbons (Fsp3) is 0.438. The zero-order valence-electron chi connectivity index (χ0n) is 12.0. The fourth-order valence-corrected chi connectivity index (χ4v) is 2.78. The summed E-state index contributed by atoms with van der Waals surface area (Å²) in [6.45, 7) is 7.25. The van der Waals surface area contributed by atoms with Gasteiger partial charge in [0.2, 0.25) is 0 Å². The molecule has 1 aliphatic heterocycles. The van der Waals surface area contributed by atoms with E-state index in [-0.39, 0.29) is 0 Å². The second-order valence-electron chi connectivity index (χ2n) is 5.36. The lowest BCUT2D eigenvalue weighted by Gasteiger charge is -2.33. The summed E-state index contributed by atoms with van der Waals surface area (Å²) in [7, 11) is 0. The number of aryl methyl sites for hydroxylation is 1. The van der Waals surface area contributed by atoms with E-state index in [1.54, 1.807) is 0 Å². The average molecular weight is 270 g/mol. The van der Waals surface area contributed by atoms with Gasteiger partial charge in [-0.1, -0.05) is 30.3 Å². The van der Waals surface area contributed by atoms with E-state index in [0.717, 1.165) is 32.7 Å². The Balaban J connectivity index is 1.63. The van der Waals surface area contributed by atoms with Crippen molar-refractivity contribution in [2.24, 2.45) is 0 Å². The predicted octanol–water partition coefficient (Wildman–Crippen LogP) is 2.05. The monoisotopic (exact) mass is 270 g/mol. The van der Waals surface area contributed by atoms with Gasteiger partial charge in [-0.25, -0.2) is 0 Å². The first-order valence-corrected chi connectivity index (χ1v) is 7.37. The van der Waals surface area contributed by atoms with Gasteiger partial charge in [-0.2, -0.15) is 5.10 Å². The van der Waals surface area contributed by atoms with Crippen molar-refractivity contribution in [2.75, 3.05) is 19.6 Å². The number of hydrogen-bond donors (Lipinski definition) is 1. The summed E-state index contributed by atoms with van der Waals surface area (Å²) in [6, 6.07) is 11.1. The Hall–Kier alpha value is -1.65. The Morgan fingerprint density at radius 1 is 1.30 bits per heavy atom. The number of rotatable bonds is 4. The van der Waals surface area contributed by atoms with E-state index in [9.17, 15) is 0 Å². The van der Waals surface area contributed by atoms with Crippen molar-refractivity contribution in [2.45, 2.75) is 26.1 Å². The maximum absolute atomic E-state index is 4.35. The minimum Gasteiger partial charge on any atom is -0.308 e. The Labute approximate surface area is 120 Å². The van der Waals surface area contributed by atoms with E-state index in [1.807, 2.05) is 10.9 Å². The first kappa shape index (κ1) is 13.3. The van der Waals surface area contributed by atoms with Gasteiger partial charge in [0.05, 0.1) is 6.20 Å². The molecule has 1 atom stereocenters. The van der Waals surface area contributed by atoms with E-state index in [0.29, 0.717) is 6.04 Å². The van der Waals surface area contributed by atoms with Crippen molar-refractivity contribution in [3.05, 3.63) is 53.9 Å². The van der Waals surface area contributed by atoms with Crippen LogP contribution in [0.5, 0.6) is 0 Å². The number of piperazine rings is 1. The standard InChI is InChI=1S/C16H22N4/c1-2-20-12-14(10-18-20)11-19-9-8-17-16(13-19)15-6-4-3-5-7-15/h3-7,10,12,16-17H,2,8-9,11,13H2,1H3/t16-/m1/s1. The fourth-order valence-electron chi connectivity index (χ4n) is 2.78. The smallest absolute Gasteiger partial charge is 0.0534 e. The van der Waals surface area contributed by atoms with Crippen molar-refractivity contribution in [1.82, 2.24) is 20.0 Å². The lowest BCUT2D eigenvalue weighted by molar-refractivity contribution is 0.193. The molecule has 20 heavy (non-hydrogen) atoms. The zero-order chi connectivity index (χ0) is 13.8. The molecule has 0 aliphatic carbocycles. The minimum atomic E-state index is 0.436. The predicted molar refractivity (Wildman–Crippen MR) is 80.4 cm³/mol. The second kappa shape index (κ2) is 6.20. The lowest BCUT2D eigenvalue weighted by atomic mass is 10.0. The molecule has 4 nitrogen and oxygen atoms in total. The highest BCUT2D eigenvalue weighted by Gasteiger charge is 2.20. The summed E-state index contributed by atoms with van der Waals surface area (Å²) in [6.07, 6.45) is 4.14. The van der Waals surface area contributed by atoms with E-state index in [2.05, 4.69) is 58.8 Å². The summed E-state index contributed by atoms with van der Waals surface area (Å²) in [5, 5.41) is 7.96. The third-order valence-electron chi connectivity index (χ3n) is 3.88. The van der Waals surface area contributed by atoms with Crippen LogP contribution in [0.3, 0.4) is 0 Å². The Morgan fingerprint density at radius 2 is 2.15 bits per heavy atom. The van der Waals surface area contributed by atoms with Crippen LogP contribution in [0.1, 0.15) is 24.1 Å². The Bertz CT molecular complexity index is 534. The van der Waals surface area contributed by atoms with E-state index < -0.39 is 0 Å². The molecule has 0 spiro atoms. The zero-order valence-corrected chi connectivity index (χ0v) is 12.0. The molecule has 0 bridgehead atoms. The van der Waals surface area contributed by atoms with Gasteiger partial charge < -0.3 is 5.32 Å². The first-order valence-electron chi connectivity index (χ1n) is 7.37. The molecule has 1 saturated heterocycles. The summed E-state index contributed by atoms with van der Waals surface area (Å²) in [4.78, 5) is 2.51. The highest BCUT2D eigenvalue weighted by atomic mass is 15.3. The Morgan fingerprint density at radius 3 is 2.90 bits per heavy atom. The van der Waals surface area contributed by atoms with Crippen molar-refractivity contribution < 1.29 is 0 Å². The summed E-state index contributed by atoms with van der Waals surface area (Å²) >= 11 is 0. The highest BCUT2D eigenvalue weighted by Crippen LogP contribution is 2.18. The molecule has 1 aliphatic rings. The SMILES string of the molecule is CCn1cc(CN2CCN[C@@H](c3ccccc3)C2)cn1. The van der Waals surface area contributed by atoms with Crippen LogP contribution in [-0.2, 0) is 13.1 Å². The lowest BCUT2D eigenvalue weighted by Crippen LogP contribution is -2.45. The first-order chi connectivity index (χ1) is 9.85. The largest absolute Gasteiger partial charge is 0.308 e. The van der Waals surface area contributed by atoms with Gasteiger partial charge in [0.1, 0.15) is 0 Å². The van der Waals surface area contributed by atoms with Gasteiger partial charge in [0, 0.05) is 50.5 Å². The minimum absolute atomic E-state index is 0.436.